The number of carboxylic acid groups (broad SMARTS) is 1. The second-order valence-corrected chi connectivity index (χ2v) is 5.47. The number of carboxylic acids is 1. The molecule has 7 heteroatoms. The average molecular weight is 308 g/mol. The van der Waals surface area contributed by atoms with Crippen LogP contribution in [0.4, 0.5) is 0 Å². The van der Waals surface area contributed by atoms with Crippen molar-refractivity contribution in [3.8, 4) is 0 Å². The van der Waals surface area contributed by atoms with Gasteiger partial charge in [-0.15, -0.1) is 11.3 Å². The van der Waals surface area contributed by atoms with Gasteiger partial charge in [0.25, 0.3) is 5.91 Å². The zero-order valence-electron chi connectivity index (χ0n) is 11.8. The first-order valence-electron chi connectivity index (χ1n) is 6.64. The molecule has 0 saturated heterocycles. The van der Waals surface area contributed by atoms with Crippen molar-refractivity contribution in [1.82, 2.24) is 10.5 Å². The van der Waals surface area contributed by atoms with E-state index in [-0.39, 0.29) is 10.8 Å². The van der Waals surface area contributed by atoms with Gasteiger partial charge in [-0.2, -0.15) is 0 Å². The Kier molecular flexibility index (Phi) is 4.74. The molecule has 0 spiro atoms. The normalized spacial score (nSPS) is 10.6. The van der Waals surface area contributed by atoms with Crippen molar-refractivity contribution in [2.24, 2.45) is 0 Å². The number of nitrogens with one attached hydrogen (secondary N) is 1. The molecule has 6 nitrogen and oxygen atoms in total. The van der Waals surface area contributed by atoms with Crippen LogP contribution in [0.5, 0.6) is 0 Å². The molecule has 1 amide bonds. The highest BCUT2D eigenvalue weighted by molar-refractivity contribution is 7.15. The zero-order chi connectivity index (χ0) is 15.4. The molecule has 21 heavy (non-hydrogen) atoms. The number of nitrogens with zero attached hydrogens (tertiary/aromatic N) is 1. The Morgan fingerprint density at radius 3 is 2.57 bits per heavy atom. The lowest BCUT2D eigenvalue weighted by Crippen LogP contribution is -2.22. The number of hydrogen-bond acceptors (Lipinski definition) is 5. The Morgan fingerprint density at radius 2 is 2.00 bits per heavy atom. The molecule has 112 valence electrons. The summed E-state index contributed by atoms with van der Waals surface area (Å²) in [6.45, 7) is 4.26. The molecule has 0 aromatic carbocycles. The summed E-state index contributed by atoms with van der Waals surface area (Å²) in [5.74, 6) is -0.554. The smallest absolute Gasteiger partial charge is 0.345 e. The summed E-state index contributed by atoms with van der Waals surface area (Å²) in [5.41, 5.74) is 1.74. The van der Waals surface area contributed by atoms with E-state index >= 15 is 0 Å². The molecule has 2 N–H and O–H groups in total. The monoisotopic (exact) mass is 308 g/mol. The summed E-state index contributed by atoms with van der Waals surface area (Å²) in [5, 5.41) is 15.6. The van der Waals surface area contributed by atoms with Crippen LogP contribution in [-0.2, 0) is 19.4 Å². The molecule has 2 heterocycles. The quantitative estimate of drug-likeness (QED) is 0.855. The van der Waals surface area contributed by atoms with Crippen molar-refractivity contribution in [3.05, 3.63) is 38.9 Å². The van der Waals surface area contributed by atoms with E-state index in [1.165, 1.54) is 12.1 Å². The van der Waals surface area contributed by atoms with E-state index < -0.39 is 5.97 Å². The fourth-order valence-corrected chi connectivity index (χ4v) is 2.73. The van der Waals surface area contributed by atoms with Gasteiger partial charge in [0.15, 0.2) is 0 Å². The first-order valence-corrected chi connectivity index (χ1v) is 7.46. The van der Waals surface area contributed by atoms with E-state index in [1.807, 2.05) is 13.8 Å². The minimum atomic E-state index is -1.03. The zero-order valence-corrected chi connectivity index (χ0v) is 12.6. The largest absolute Gasteiger partial charge is 0.477 e. The van der Waals surface area contributed by atoms with Crippen LogP contribution in [0.15, 0.2) is 16.7 Å². The molecular weight excluding hydrogens is 292 g/mol. The van der Waals surface area contributed by atoms with Crippen LogP contribution in [-0.4, -0.2) is 22.1 Å². The molecule has 0 saturated carbocycles. The van der Waals surface area contributed by atoms with Gasteiger partial charge in [-0.05, 0) is 18.6 Å². The number of aromatic nitrogens is 1. The van der Waals surface area contributed by atoms with E-state index in [0.29, 0.717) is 17.8 Å². The molecule has 0 aliphatic heterocycles. The molecule has 2 aromatic rings. The van der Waals surface area contributed by atoms with Gasteiger partial charge < -0.3 is 14.9 Å². The van der Waals surface area contributed by atoms with Crippen molar-refractivity contribution in [1.29, 1.82) is 0 Å². The number of carbonyl (C=O) groups is 2. The number of aromatic carboxylic acids is 1. The van der Waals surface area contributed by atoms with Crippen molar-refractivity contribution >= 4 is 23.2 Å². The predicted molar refractivity (Wildman–Crippen MR) is 77.7 cm³/mol. The Hall–Kier alpha value is -2.15. The lowest BCUT2D eigenvalue weighted by atomic mass is 10.1. The molecule has 0 fully saturated rings. The maximum absolute atomic E-state index is 12.0. The summed E-state index contributed by atoms with van der Waals surface area (Å²) < 4.78 is 5.23. The Labute approximate surface area is 125 Å². The third-order valence-electron chi connectivity index (χ3n) is 3.07. The van der Waals surface area contributed by atoms with Gasteiger partial charge in [-0.25, -0.2) is 4.79 Å². The van der Waals surface area contributed by atoms with Gasteiger partial charge >= 0.3 is 5.97 Å². The van der Waals surface area contributed by atoms with Crippen molar-refractivity contribution < 1.29 is 19.2 Å². The van der Waals surface area contributed by atoms with Gasteiger partial charge in [-0.1, -0.05) is 19.0 Å². The number of thiophene rings is 1. The first-order chi connectivity index (χ1) is 10.1. The van der Waals surface area contributed by atoms with Gasteiger partial charge in [0.1, 0.15) is 10.6 Å². The van der Waals surface area contributed by atoms with E-state index in [4.69, 9.17) is 9.63 Å². The van der Waals surface area contributed by atoms with Gasteiger partial charge in [0, 0.05) is 18.5 Å². The summed E-state index contributed by atoms with van der Waals surface area (Å²) in [6, 6.07) is 2.94. The number of amides is 1. The van der Waals surface area contributed by atoms with Crippen LogP contribution in [0, 0.1) is 0 Å². The average Bonchev–Trinajstić information content (AvgIpc) is 3.10. The van der Waals surface area contributed by atoms with Crippen LogP contribution in [0.1, 0.15) is 50.2 Å². The fourth-order valence-electron chi connectivity index (χ4n) is 1.97. The van der Waals surface area contributed by atoms with Gasteiger partial charge in [0.2, 0.25) is 0 Å². The van der Waals surface area contributed by atoms with Crippen molar-refractivity contribution in [3.63, 3.8) is 0 Å². The maximum atomic E-state index is 12.0. The highest BCUT2D eigenvalue weighted by atomic mass is 32.1. The second-order valence-electron chi connectivity index (χ2n) is 4.39. The van der Waals surface area contributed by atoms with Crippen LogP contribution < -0.4 is 5.32 Å². The summed E-state index contributed by atoms with van der Waals surface area (Å²) in [7, 11) is 0. The van der Waals surface area contributed by atoms with Crippen LogP contribution in [0.2, 0.25) is 0 Å². The number of rotatable bonds is 6. The molecule has 0 atom stereocenters. The Morgan fingerprint density at radius 1 is 1.29 bits per heavy atom. The van der Waals surface area contributed by atoms with E-state index in [1.54, 1.807) is 0 Å². The van der Waals surface area contributed by atoms with Crippen molar-refractivity contribution in [2.45, 2.75) is 33.2 Å². The van der Waals surface area contributed by atoms with E-state index in [2.05, 4.69) is 10.5 Å². The lowest BCUT2D eigenvalue weighted by molar-refractivity contribution is 0.0702. The maximum Gasteiger partial charge on any atom is 0.345 e. The van der Waals surface area contributed by atoms with Crippen LogP contribution in [0.25, 0.3) is 0 Å². The molecule has 0 radical (unpaired) electrons. The highest BCUT2D eigenvalue weighted by Gasteiger charge is 2.16. The lowest BCUT2D eigenvalue weighted by Gasteiger charge is -2.04. The fraction of sp³-hybridized carbons (Fsp3) is 0.357. The number of carbonyl (C=O) groups excluding carboxylic acids is 1. The standard InChI is InChI=1S/C14H16N2O4S/c1-3-9-8(10(4-2)20-16-9)7-15-13(17)11-5-6-12(21-11)14(18)19/h5-6H,3-4,7H2,1-2H3,(H,15,17)(H,18,19). The summed E-state index contributed by atoms with van der Waals surface area (Å²) in [4.78, 5) is 23.4. The summed E-state index contributed by atoms with van der Waals surface area (Å²) in [6.07, 6.45) is 1.44. The molecule has 0 unspecified atom stereocenters. The van der Waals surface area contributed by atoms with Crippen LogP contribution >= 0.6 is 11.3 Å². The molecule has 0 aliphatic rings. The predicted octanol–water partition coefficient (Wildman–Crippen LogP) is 2.49. The SMILES string of the molecule is CCc1noc(CC)c1CNC(=O)c1ccc(C(=O)O)s1. The van der Waals surface area contributed by atoms with Crippen molar-refractivity contribution in [2.75, 3.05) is 0 Å². The number of aryl methyl sites for hydroxylation is 2. The second kappa shape index (κ2) is 6.53. The molecule has 2 aromatic heterocycles. The molecular formula is C14H16N2O4S. The third kappa shape index (κ3) is 3.30. The highest BCUT2D eigenvalue weighted by Crippen LogP contribution is 2.18. The minimum absolute atomic E-state index is 0.147. The first kappa shape index (κ1) is 15.2. The molecule has 2 rings (SSSR count). The van der Waals surface area contributed by atoms with Gasteiger partial charge in [-0.3, -0.25) is 4.79 Å². The number of hydrogen-bond donors (Lipinski definition) is 2. The van der Waals surface area contributed by atoms with E-state index in [0.717, 1.165) is 34.8 Å². The molecule has 0 bridgehead atoms. The minimum Gasteiger partial charge on any atom is -0.477 e. The Balaban J connectivity index is 2.07. The van der Waals surface area contributed by atoms with E-state index in [9.17, 15) is 9.59 Å². The Bertz CT molecular complexity index is 638. The van der Waals surface area contributed by atoms with Gasteiger partial charge in [0.05, 0.1) is 10.6 Å². The topological polar surface area (TPSA) is 92.4 Å². The van der Waals surface area contributed by atoms with Crippen LogP contribution in [0.3, 0.4) is 0 Å². The third-order valence-corrected chi connectivity index (χ3v) is 4.15. The summed E-state index contributed by atoms with van der Waals surface area (Å²) >= 11 is 0.956. The molecule has 0 aliphatic carbocycles.